The van der Waals surface area contributed by atoms with Crippen LogP contribution in [-0.4, -0.2) is 23.5 Å². The van der Waals surface area contributed by atoms with Crippen molar-refractivity contribution in [3.05, 3.63) is 59.7 Å². The molecule has 2 aromatic rings. The van der Waals surface area contributed by atoms with E-state index in [0.29, 0.717) is 0 Å². The van der Waals surface area contributed by atoms with Crippen LogP contribution in [0, 0.1) is 5.41 Å². The van der Waals surface area contributed by atoms with Crippen LogP contribution in [0.1, 0.15) is 58.6 Å². The van der Waals surface area contributed by atoms with Gasteiger partial charge in [0.25, 0.3) is 0 Å². The zero-order valence-corrected chi connectivity index (χ0v) is 16.4. The molecule has 0 unspecified atom stereocenters. The third-order valence-electron chi connectivity index (χ3n) is 7.42. The second-order valence-electron chi connectivity index (χ2n) is 9.47. The molecule has 0 atom stereocenters. The number of nitrogens with zero attached hydrogens (tertiary/aromatic N) is 1. The van der Waals surface area contributed by atoms with E-state index in [1.54, 1.807) is 11.1 Å². The van der Waals surface area contributed by atoms with Gasteiger partial charge in [-0.15, -0.1) is 0 Å². The van der Waals surface area contributed by atoms with Crippen LogP contribution >= 0.6 is 0 Å². The molecule has 0 aromatic heterocycles. The van der Waals surface area contributed by atoms with Crippen LogP contribution in [0.15, 0.2) is 48.5 Å². The van der Waals surface area contributed by atoms with Gasteiger partial charge in [-0.2, -0.15) is 0 Å². The van der Waals surface area contributed by atoms with Crippen molar-refractivity contribution in [3.8, 4) is 11.1 Å². The van der Waals surface area contributed by atoms with Gasteiger partial charge in [-0.25, -0.2) is 0 Å². The minimum atomic E-state index is 0.215. The van der Waals surface area contributed by atoms with E-state index in [1.165, 1.54) is 37.1 Å². The lowest BCUT2D eigenvalue weighted by molar-refractivity contribution is -0.00320. The van der Waals surface area contributed by atoms with Gasteiger partial charge in [-0.1, -0.05) is 69.3 Å². The average molecular weight is 334 g/mol. The van der Waals surface area contributed by atoms with Crippen LogP contribution in [0.2, 0.25) is 0 Å². The molecule has 1 heteroatoms. The van der Waals surface area contributed by atoms with Crippen LogP contribution < -0.4 is 0 Å². The van der Waals surface area contributed by atoms with Crippen LogP contribution in [-0.2, 0) is 5.41 Å². The van der Waals surface area contributed by atoms with Crippen molar-refractivity contribution in [3.63, 3.8) is 0 Å². The molecule has 1 spiro atoms. The number of piperidine rings is 1. The van der Waals surface area contributed by atoms with Gasteiger partial charge in [0.05, 0.1) is 0 Å². The fourth-order valence-corrected chi connectivity index (χ4v) is 4.88. The Labute approximate surface area is 153 Å². The first-order chi connectivity index (χ1) is 11.8. The number of fused-ring (bicyclic) bond motifs is 5. The Hall–Kier alpha value is -1.60. The highest BCUT2D eigenvalue weighted by Gasteiger charge is 2.48. The molecule has 1 saturated heterocycles. The van der Waals surface area contributed by atoms with E-state index in [0.717, 1.165) is 0 Å². The smallest absolute Gasteiger partial charge is 0.0239 e. The Bertz CT molecular complexity index is 738. The van der Waals surface area contributed by atoms with Crippen molar-refractivity contribution in [2.24, 2.45) is 5.41 Å². The van der Waals surface area contributed by atoms with E-state index in [1.807, 2.05) is 0 Å². The molecular weight excluding hydrogens is 302 g/mol. The summed E-state index contributed by atoms with van der Waals surface area (Å²) in [6.07, 6.45) is 2.45. The van der Waals surface area contributed by atoms with E-state index in [2.05, 4.69) is 88.0 Å². The minimum absolute atomic E-state index is 0.215. The molecule has 0 radical (unpaired) electrons. The molecule has 25 heavy (non-hydrogen) atoms. The molecule has 1 fully saturated rings. The second-order valence-corrected chi connectivity index (χ2v) is 9.47. The third-order valence-corrected chi connectivity index (χ3v) is 7.42. The van der Waals surface area contributed by atoms with Crippen molar-refractivity contribution in [2.45, 2.75) is 58.4 Å². The molecule has 1 aliphatic heterocycles. The molecular formula is C24H31N. The first kappa shape index (κ1) is 16.8. The third kappa shape index (κ3) is 2.32. The maximum Gasteiger partial charge on any atom is 0.0239 e. The van der Waals surface area contributed by atoms with Crippen LogP contribution in [0.4, 0.5) is 0 Å². The summed E-state index contributed by atoms with van der Waals surface area (Å²) in [6, 6.07) is 18.2. The standard InChI is InChI=1S/C24H31N/c1-22(2,3)23(4,5)25-16-14-24(15-17-25)20-12-8-6-10-18(20)19-11-7-9-13-21(19)24/h6-13H,14-17H2,1-5H3. The Morgan fingerprint density at radius 1 is 0.720 bits per heavy atom. The predicted octanol–water partition coefficient (Wildman–Crippen LogP) is 5.87. The van der Waals surface area contributed by atoms with Gasteiger partial charge in [-0.3, -0.25) is 4.90 Å². The molecule has 0 bridgehead atoms. The quantitative estimate of drug-likeness (QED) is 0.630. The highest BCUT2D eigenvalue weighted by atomic mass is 15.2. The van der Waals surface area contributed by atoms with Crippen molar-refractivity contribution in [1.29, 1.82) is 0 Å². The van der Waals surface area contributed by atoms with Gasteiger partial charge in [0, 0.05) is 11.0 Å². The van der Waals surface area contributed by atoms with Crippen LogP contribution in [0.3, 0.4) is 0 Å². The van der Waals surface area contributed by atoms with Crippen molar-refractivity contribution in [2.75, 3.05) is 13.1 Å². The monoisotopic (exact) mass is 333 g/mol. The summed E-state index contributed by atoms with van der Waals surface area (Å²) in [5.74, 6) is 0. The molecule has 2 aliphatic rings. The van der Waals surface area contributed by atoms with Crippen molar-refractivity contribution < 1.29 is 0 Å². The van der Waals surface area contributed by atoms with Gasteiger partial charge in [0.2, 0.25) is 0 Å². The van der Waals surface area contributed by atoms with E-state index in [4.69, 9.17) is 0 Å². The first-order valence-corrected chi connectivity index (χ1v) is 9.72. The SMILES string of the molecule is CC(C)(C)C(C)(C)N1CCC2(CC1)c1ccccc1-c1ccccc12. The molecule has 1 aliphatic carbocycles. The van der Waals surface area contributed by atoms with E-state index >= 15 is 0 Å². The Kier molecular flexibility index (Phi) is 3.67. The molecule has 4 rings (SSSR count). The lowest BCUT2D eigenvalue weighted by Gasteiger charge is -2.52. The van der Waals surface area contributed by atoms with Gasteiger partial charge < -0.3 is 0 Å². The molecule has 2 aromatic carbocycles. The van der Waals surface area contributed by atoms with Crippen molar-refractivity contribution in [1.82, 2.24) is 4.90 Å². The fraction of sp³-hybridized carbons (Fsp3) is 0.500. The number of hydrogen-bond donors (Lipinski definition) is 0. The summed E-state index contributed by atoms with van der Waals surface area (Å²) in [6.45, 7) is 14.3. The van der Waals surface area contributed by atoms with E-state index in [9.17, 15) is 0 Å². The van der Waals surface area contributed by atoms with E-state index in [-0.39, 0.29) is 16.4 Å². The molecule has 0 amide bonds. The fourth-order valence-electron chi connectivity index (χ4n) is 4.88. The molecule has 0 saturated carbocycles. The highest BCUT2D eigenvalue weighted by molar-refractivity contribution is 5.81. The molecule has 132 valence electrons. The largest absolute Gasteiger partial charge is 0.298 e. The number of rotatable bonds is 1. The predicted molar refractivity (Wildman–Crippen MR) is 107 cm³/mol. The van der Waals surface area contributed by atoms with Gasteiger partial charge in [0.15, 0.2) is 0 Å². The second kappa shape index (κ2) is 5.45. The summed E-state index contributed by atoms with van der Waals surface area (Å²) in [5, 5.41) is 0. The van der Waals surface area contributed by atoms with Gasteiger partial charge >= 0.3 is 0 Å². The number of hydrogen-bond acceptors (Lipinski definition) is 1. The molecule has 1 heterocycles. The Morgan fingerprint density at radius 3 is 1.60 bits per heavy atom. The average Bonchev–Trinajstić information content (AvgIpc) is 2.86. The summed E-state index contributed by atoms with van der Waals surface area (Å²) >= 11 is 0. The van der Waals surface area contributed by atoms with Gasteiger partial charge in [0.1, 0.15) is 0 Å². The maximum atomic E-state index is 2.72. The summed E-state index contributed by atoms with van der Waals surface area (Å²) in [7, 11) is 0. The Balaban J connectivity index is 1.72. The first-order valence-electron chi connectivity index (χ1n) is 9.72. The lowest BCUT2D eigenvalue weighted by atomic mass is 9.68. The molecule has 1 nitrogen and oxygen atoms in total. The van der Waals surface area contributed by atoms with Crippen LogP contribution in [0.5, 0.6) is 0 Å². The lowest BCUT2D eigenvalue weighted by Crippen LogP contribution is -2.57. The van der Waals surface area contributed by atoms with Crippen molar-refractivity contribution >= 4 is 0 Å². The highest BCUT2D eigenvalue weighted by Crippen LogP contribution is 2.54. The normalized spacial score (nSPS) is 19.7. The van der Waals surface area contributed by atoms with Crippen LogP contribution in [0.25, 0.3) is 11.1 Å². The summed E-state index contributed by atoms with van der Waals surface area (Å²) in [4.78, 5) is 2.72. The minimum Gasteiger partial charge on any atom is -0.298 e. The zero-order valence-electron chi connectivity index (χ0n) is 16.4. The Morgan fingerprint density at radius 2 is 1.16 bits per heavy atom. The molecule has 0 N–H and O–H groups in total. The topological polar surface area (TPSA) is 3.24 Å². The maximum absolute atomic E-state index is 2.72. The summed E-state index contributed by atoms with van der Waals surface area (Å²) in [5.41, 5.74) is 6.75. The number of likely N-dealkylation sites (tertiary alicyclic amines) is 1. The van der Waals surface area contributed by atoms with Gasteiger partial charge in [-0.05, 0) is 67.4 Å². The van der Waals surface area contributed by atoms with E-state index < -0.39 is 0 Å². The number of benzene rings is 2. The summed E-state index contributed by atoms with van der Waals surface area (Å²) < 4.78 is 0. The zero-order chi connectivity index (χ0) is 17.9.